The highest BCUT2D eigenvalue weighted by Crippen LogP contribution is 2.32. The van der Waals surface area contributed by atoms with Gasteiger partial charge >= 0.3 is 6.18 Å². The van der Waals surface area contributed by atoms with E-state index in [9.17, 15) is 37.1 Å². The molecular formula is C96H116F3N7O5. The highest BCUT2D eigenvalue weighted by atomic mass is 19.4. The Morgan fingerprint density at radius 3 is 1.06 bits per heavy atom. The second-order valence-electron chi connectivity index (χ2n) is 33.4. The highest BCUT2D eigenvalue weighted by molar-refractivity contribution is 6.08. The van der Waals surface area contributed by atoms with E-state index in [1.54, 1.807) is 42.5 Å². The summed E-state index contributed by atoms with van der Waals surface area (Å²) >= 11 is 0. The standard InChI is InChI=1S/2C20H25NO.C19H20F3NO.C19H24N2O.C18H22N2O/c1-14-6-8-16(9-7-14)19(22)21-18-11-10-17(15(2)12-18)13-20(3,4)5;1-14-8-6-7-9-18(14)19(22)21-17-11-10-16(15(2)12-17)13-20(3,4)5;1-12(2)10-15-11-17(9-4-13(15)3)23-18(24)14-5-7-16(8-6-14)19(20,21)22;1-13-10-17(9-8-15(13)12-19(2,3)4)21-18(22)14-6-5-7-16(20)11-14;1-12(2)10-14-8-9-15(11-13(14)3)20-18(21)16-6-4-5-7-17(16)19/h2*6-12H,13H2,1-5H3,(H,21,22);4-9,11-12H,10H2,1-3H3,(H,23,24);5-11H,12,20H2,1-4H3,(H,21,22);4-9,11-12H,10,19H2,1-3H3,(H,20,21). The summed E-state index contributed by atoms with van der Waals surface area (Å²) in [4.78, 5) is 61.2. The zero-order valence-corrected chi connectivity index (χ0v) is 68.7. The number of nitrogens with two attached hydrogens (primary N) is 2. The lowest BCUT2D eigenvalue weighted by atomic mass is 9.86. The van der Waals surface area contributed by atoms with Crippen LogP contribution in [0.2, 0.25) is 0 Å². The van der Waals surface area contributed by atoms with Crippen LogP contribution in [-0.4, -0.2) is 29.5 Å². The van der Waals surface area contributed by atoms with E-state index in [-0.39, 0.29) is 45.4 Å². The van der Waals surface area contributed by atoms with Crippen molar-refractivity contribution in [1.29, 1.82) is 0 Å². The molecule has 10 aromatic carbocycles. The van der Waals surface area contributed by atoms with E-state index in [0.717, 1.165) is 94.8 Å². The average molecular weight is 1510 g/mol. The molecule has 0 fully saturated rings. The number of benzene rings is 10. The fraction of sp³-hybridized carbons (Fsp3) is 0.323. The first-order valence-electron chi connectivity index (χ1n) is 37.9. The van der Waals surface area contributed by atoms with Crippen molar-refractivity contribution in [2.24, 2.45) is 28.1 Å². The van der Waals surface area contributed by atoms with Crippen LogP contribution in [0, 0.1) is 76.5 Å². The van der Waals surface area contributed by atoms with E-state index in [1.807, 2.05) is 136 Å². The van der Waals surface area contributed by atoms with E-state index in [4.69, 9.17) is 11.5 Å². The smallest absolute Gasteiger partial charge is 0.399 e. The van der Waals surface area contributed by atoms with Gasteiger partial charge in [-0.3, -0.25) is 24.0 Å². The van der Waals surface area contributed by atoms with E-state index >= 15 is 0 Å². The number of alkyl halides is 3. The summed E-state index contributed by atoms with van der Waals surface area (Å²) in [6.45, 7) is 43.1. The van der Waals surface area contributed by atoms with E-state index in [0.29, 0.717) is 45.6 Å². The quantitative estimate of drug-likeness (QED) is 0.0440. The minimum Gasteiger partial charge on any atom is -0.399 e. The maximum Gasteiger partial charge on any atom is 0.416 e. The second kappa shape index (κ2) is 40.0. The third-order valence-electron chi connectivity index (χ3n) is 18.0. The summed E-state index contributed by atoms with van der Waals surface area (Å²) in [6, 6.07) is 63.5. The van der Waals surface area contributed by atoms with E-state index in [1.165, 1.54) is 56.6 Å². The number of hydrogen-bond acceptors (Lipinski definition) is 7. The number of nitrogens with one attached hydrogen (secondary N) is 5. The summed E-state index contributed by atoms with van der Waals surface area (Å²) in [5.74, 6) is 0.240. The van der Waals surface area contributed by atoms with Crippen LogP contribution in [0.15, 0.2) is 212 Å². The van der Waals surface area contributed by atoms with Crippen LogP contribution in [0.4, 0.5) is 53.0 Å². The number of anilines is 7. The van der Waals surface area contributed by atoms with Crippen molar-refractivity contribution in [2.45, 2.75) is 177 Å². The normalized spacial score (nSPS) is 11.3. The van der Waals surface area contributed by atoms with Gasteiger partial charge in [-0.2, -0.15) is 13.2 Å². The second-order valence-corrected chi connectivity index (χ2v) is 33.4. The molecule has 0 unspecified atom stereocenters. The van der Waals surface area contributed by atoms with E-state index in [2.05, 4.69) is 175 Å². The zero-order chi connectivity index (χ0) is 82.3. The predicted molar refractivity (Wildman–Crippen MR) is 458 cm³/mol. The molecule has 0 heterocycles. The SMILES string of the molecule is Cc1cc(NC(=O)c2cccc(N)c2)ccc1CC(C)(C)C.Cc1cc(NC(=O)c2ccccc2C)ccc1CC(C)(C)C.Cc1cc(NC(=O)c2ccccc2N)ccc1CC(C)C.Cc1ccc(C(=O)Nc2ccc(CC(C)(C)C)c(C)c2)cc1.Cc1ccc(NC(=O)c2ccc(C(F)(F)F)cc2)cc1CC(C)C. The molecular weight excluding hydrogens is 1390 g/mol. The summed E-state index contributed by atoms with van der Waals surface area (Å²) in [7, 11) is 0. The van der Waals surface area contributed by atoms with Crippen molar-refractivity contribution >= 4 is 69.3 Å². The lowest BCUT2D eigenvalue weighted by Gasteiger charge is -2.20. The van der Waals surface area contributed by atoms with Crippen LogP contribution in [0.5, 0.6) is 0 Å². The van der Waals surface area contributed by atoms with Crippen LogP contribution in [-0.2, 0) is 38.3 Å². The number of carbonyl (C=O) groups is 5. The first kappa shape index (κ1) is 88.8. The van der Waals surface area contributed by atoms with Crippen LogP contribution < -0.4 is 38.1 Å². The third kappa shape index (κ3) is 30.4. The number of hydrogen-bond donors (Lipinski definition) is 7. The molecule has 10 rings (SSSR count). The molecule has 0 saturated carbocycles. The fourth-order valence-corrected chi connectivity index (χ4v) is 12.2. The van der Waals surface area contributed by atoms with Gasteiger partial charge in [-0.25, -0.2) is 0 Å². The van der Waals surface area contributed by atoms with Crippen molar-refractivity contribution in [3.05, 3.63) is 312 Å². The summed E-state index contributed by atoms with van der Waals surface area (Å²) in [5, 5.41) is 14.5. The molecule has 0 aliphatic carbocycles. The molecule has 0 spiro atoms. The van der Waals surface area contributed by atoms with Gasteiger partial charge in [0.25, 0.3) is 29.5 Å². The zero-order valence-electron chi connectivity index (χ0n) is 68.7. The number of rotatable bonds is 17. The number of nitrogen functional groups attached to an aromatic ring is 2. The minimum absolute atomic E-state index is 0.0546. The maximum atomic E-state index is 12.6. The monoisotopic (exact) mass is 1500 g/mol. The Hall–Kier alpha value is -11.1. The topological polar surface area (TPSA) is 198 Å². The average Bonchev–Trinajstić information content (AvgIpc) is 0.843. The van der Waals surface area contributed by atoms with Crippen molar-refractivity contribution < 1.29 is 37.1 Å². The van der Waals surface area contributed by atoms with Crippen LogP contribution in [0.3, 0.4) is 0 Å². The van der Waals surface area contributed by atoms with Crippen LogP contribution >= 0.6 is 0 Å². The molecule has 111 heavy (non-hydrogen) atoms. The van der Waals surface area contributed by atoms with Gasteiger partial charge in [0.05, 0.1) is 11.1 Å². The first-order valence-corrected chi connectivity index (χ1v) is 37.9. The number of amides is 5. The molecule has 586 valence electrons. The summed E-state index contributed by atoms with van der Waals surface area (Å²) in [5.41, 5.74) is 33.8. The molecule has 15 heteroatoms. The number of para-hydroxylation sites is 1. The van der Waals surface area contributed by atoms with Gasteiger partial charge in [0.15, 0.2) is 0 Å². The molecule has 0 aliphatic rings. The molecule has 5 amide bonds. The fourth-order valence-electron chi connectivity index (χ4n) is 12.2. The molecule has 0 saturated heterocycles. The predicted octanol–water partition coefficient (Wildman–Crippen LogP) is 24.2. The Labute approximate surface area is 658 Å². The Bertz CT molecular complexity index is 4810. The van der Waals surface area contributed by atoms with Crippen molar-refractivity contribution in [3.8, 4) is 0 Å². The van der Waals surface area contributed by atoms with Gasteiger partial charge in [-0.15, -0.1) is 0 Å². The Balaban J connectivity index is 0.000000217. The highest BCUT2D eigenvalue weighted by Gasteiger charge is 2.30. The number of aryl methyl sites for hydroxylation is 7. The lowest BCUT2D eigenvalue weighted by molar-refractivity contribution is -0.137. The van der Waals surface area contributed by atoms with Gasteiger partial charge in [-0.1, -0.05) is 174 Å². The molecule has 10 aromatic rings. The molecule has 12 nitrogen and oxygen atoms in total. The molecule has 0 aliphatic heterocycles. The maximum absolute atomic E-state index is 12.6. The van der Waals surface area contributed by atoms with Gasteiger partial charge < -0.3 is 38.1 Å². The number of carbonyl (C=O) groups excluding carboxylic acids is 5. The lowest BCUT2D eigenvalue weighted by Crippen LogP contribution is -2.14. The van der Waals surface area contributed by atoms with Gasteiger partial charge in [0, 0.05) is 62.1 Å². The largest absolute Gasteiger partial charge is 0.416 e. The Morgan fingerprint density at radius 2 is 0.676 bits per heavy atom. The molecule has 0 aromatic heterocycles. The molecule has 0 radical (unpaired) electrons. The Morgan fingerprint density at radius 1 is 0.324 bits per heavy atom. The van der Waals surface area contributed by atoms with Gasteiger partial charge in [-0.05, 0) is 303 Å². The molecule has 0 atom stereocenters. The minimum atomic E-state index is -4.41. The first-order chi connectivity index (χ1) is 51.9. The Kier molecular flexibility index (Phi) is 32.1. The molecule has 0 bridgehead atoms. The van der Waals surface area contributed by atoms with Crippen molar-refractivity contribution in [2.75, 3.05) is 38.1 Å². The summed E-state index contributed by atoms with van der Waals surface area (Å²) in [6.07, 6.45) is 0.622. The van der Waals surface area contributed by atoms with Crippen LogP contribution in [0.25, 0.3) is 0 Å². The van der Waals surface area contributed by atoms with E-state index < -0.39 is 17.6 Å². The van der Waals surface area contributed by atoms with Crippen molar-refractivity contribution in [3.63, 3.8) is 0 Å². The summed E-state index contributed by atoms with van der Waals surface area (Å²) < 4.78 is 37.7. The van der Waals surface area contributed by atoms with Gasteiger partial charge in [0.2, 0.25) is 0 Å². The van der Waals surface area contributed by atoms with Gasteiger partial charge in [0.1, 0.15) is 0 Å². The number of halogens is 3. The van der Waals surface area contributed by atoms with Crippen LogP contribution in [0.1, 0.15) is 214 Å². The third-order valence-corrected chi connectivity index (χ3v) is 18.0. The molecule has 9 N–H and O–H groups in total. The van der Waals surface area contributed by atoms with Crippen molar-refractivity contribution in [1.82, 2.24) is 0 Å².